The van der Waals surface area contributed by atoms with Crippen LogP contribution in [0.5, 0.6) is 0 Å². The molecule has 0 heterocycles. The summed E-state index contributed by atoms with van der Waals surface area (Å²) in [5.74, 6) is -3.63. The van der Waals surface area contributed by atoms with Crippen LogP contribution in [0.1, 0.15) is 25.8 Å². The van der Waals surface area contributed by atoms with Crippen LogP contribution in [0.2, 0.25) is 0 Å². The zero-order valence-electron chi connectivity index (χ0n) is 13.5. The van der Waals surface area contributed by atoms with Crippen molar-refractivity contribution in [1.82, 2.24) is 4.90 Å². The third kappa shape index (κ3) is 4.70. The van der Waals surface area contributed by atoms with E-state index in [2.05, 4.69) is 4.74 Å². The van der Waals surface area contributed by atoms with Crippen LogP contribution in [0.25, 0.3) is 0 Å². The van der Waals surface area contributed by atoms with E-state index in [1.54, 1.807) is 31.2 Å². The van der Waals surface area contributed by atoms with Crippen LogP contribution in [0.15, 0.2) is 24.3 Å². The topological polar surface area (TPSA) is 110 Å². The molecule has 1 aromatic rings. The molecule has 3 N–H and O–H groups in total. The maximum absolute atomic E-state index is 12.6. The van der Waals surface area contributed by atoms with Crippen LogP contribution in [0.3, 0.4) is 0 Å². The normalized spacial score (nSPS) is 13.0. The molecular formula is C16H22N2O5. The molecule has 7 nitrogen and oxygen atoms in total. The van der Waals surface area contributed by atoms with Gasteiger partial charge in [0.05, 0.1) is 7.11 Å². The lowest BCUT2D eigenvalue weighted by atomic mass is 10.0. The summed E-state index contributed by atoms with van der Waals surface area (Å²) in [6, 6.07) is 5.91. The number of benzene rings is 1. The molecule has 2 unspecified atom stereocenters. The van der Waals surface area contributed by atoms with Gasteiger partial charge >= 0.3 is 11.9 Å². The van der Waals surface area contributed by atoms with Crippen molar-refractivity contribution >= 4 is 23.5 Å². The number of rotatable bonds is 7. The van der Waals surface area contributed by atoms with Crippen molar-refractivity contribution in [2.24, 2.45) is 5.92 Å². The minimum atomic E-state index is -1.21. The van der Waals surface area contributed by atoms with Gasteiger partial charge in [0.25, 0.3) is 0 Å². The first-order valence-electron chi connectivity index (χ1n) is 7.27. The fraction of sp³-hybridized carbons (Fsp3) is 0.438. The second-order valence-electron chi connectivity index (χ2n) is 5.21. The van der Waals surface area contributed by atoms with E-state index < -0.39 is 29.8 Å². The van der Waals surface area contributed by atoms with Gasteiger partial charge in [0.1, 0.15) is 12.0 Å². The number of nitrogens with zero attached hydrogens (tertiary/aromatic N) is 1. The Bertz CT molecular complexity index is 570. The van der Waals surface area contributed by atoms with Crippen molar-refractivity contribution in [3.05, 3.63) is 29.8 Å². The highest BCUT2D eigenvalue weighted by molar-refractivity contribution is 5.98. The van der Waals surface area contributed by atoms with Gasteiger partial charge in [0.2, 0.25) is 5.91 Å². The number of hydrogen-bond donors (Lipinski definition) is 2. The van der Waals surface area contributed by atoms with Gasteiger partial charge in [-0.3, -0.25) is 9.59 Å². The molecule has 1 rings (SSSR count). The van der Waals surface area contributed by atoms with Gasteiger partial charge in [0, 0.05) is 12.2 Å². The number of esters is 1. The SMILES string of the molecule is CCC(C(=O)O)C(=O)N(Cc1ccc(N)cc1)C(C)C(=O)OC. The number of methoxy groups -OCH3 is 1. The number of nitrogen functional groups attached to an aromatic ring is 1. The minimum Gasteiger partial charge on any atom is -0.481 e. The van der Waals surface area contributed by atoms with E-state index in [0.29, 0.717) is 5.69 Å². The summed E-state index contributed by atoms with van der Waals surface area (Å²) in [5.41, 5.74) is 6.94. The van der Waals surface area contributed by atoms with Crippen molar-refractivity contribution in [2.45, 2.75) is 32.9 Å². The highest BCUT2D eigenvalue weighted by Crippen LogP contribution is 2.17. The van der Waals surface area contributed by atoms with Gasteiger partial charge < -0.3 is 20.5 Å². The second-order valence-corrected chi connectivity index (χ2v) is 5.21. The van der Waals surface area contributed by atoms with Crippen molar-refractivity contribution in [1.29, 1.82) is 0 Å². The van der Waals surface area contributed by atoms with Crippen molar-refractivity contribution < 1.29 is 24.2 Å². The zero-order chi connectivity index (χ0) is 17.6. The Hall–Kier alpha value is -2.57. The fourth-order valence-corrected chi connectivity index (χ4v) is 2.18. The monoisotopic (exact) mass is 322 g/mol. The van der Waals surface area contributed by atoms with E-state index in [-0.39, 0.29) is 13.0 Å². The highest BCUT2D eigenvalue weighted by Gasteiger charge is 2.34. The van der Waals surface area contributed by atoms with Gasteiger partial charge in [-0.2, -0.15) is 0 Å². The lowest BCUT2D eigenvalue weighted by molar-refractivity contribution is -0.159. The molecule has 1 amide bonds. The van der Waals surface area contributed by atoms with Gasteiger partial charge in [0.15, 0.2) is 0 Å². The summed E-state index contributed by atoms with van der Waals surface area (Å²) < 4.78 is 4.67. The molecule has 0 fully saturated rings. The van der Waals surface area contributed by atoms with E-state index in [4.69, 9.17) is 5.73 Å². The molecule has 0 radical (unpaired) electrons. The summed E-state index contributed by atoms with van der Waals surface area (Å²) in [6.07, 6.45) is 0.139. The predicted molar refractivity (Wildman–Crippen MR) is 84.3 cm³/mol. The molecule has 0 aliphatic rings. The van der Waals surface area contributed by atoms with Crippen LogP contribution >= 0.6 is 0 Å². The summed E-state index contributed by atoms with van der Waals surface area (Å²) in [5, 5.41) is 9.19. The lowest BCUT2D eigenvalue weighted by Crippen LogP contribution is -2.47. The number of anilines is 1. The average molecular weight is 322 g/mol. The molecule has 0 aromatic heterocycles. The van der Waals surface area contributed by atoms with Crippen molar-refractivity contribution in [3.63, 3.8) is 0 Å². The molecule has 0 aliphatic heterocycles. The zero-order valence-corrected chi connectivity index (χ0v) is 13.5. The standard InChI is InChI=1S/C16H22N2O5/c1-4-13(15(20)21)14(19)18(10(2)16(22)23-3)9-11-5-7-12(17)8-6-11/h5-8,10,13H,4,9,17H2,1-3H3,(H,20,21). The molecule has 0 saturated heterocycles. The lowest BCUT2D eigenvalue weighted by Gasteiger charge is -2.29. The Kier molecular flexibility index (Phi) is 6.56. The number of hydrogen-bond acceptors (Lipinski definition) is 5. The quantitative estimate of drug-likeness (QED) is 0.444. The Morgan fingerprint density at radius 2 is 1.83 bits per heavy atom. The summed E-state index contributed by atoms with van der Waals surface area (Å²) in [7, 11) is 1.22. The first-order valence-corrected chi connectivity index (χ1v) is 7.27. The van der Waals surface area contributed by atoms with Crippen molar-refractivity contribution in [2.75, 3.05) is 12.8 Å². The molecule has 0 bridgehead atoms. The Morgan fingerprint density at radius 1 is 1.26 bits per heavy atom. The largest absolute Gasteiger partial charge is 0.481 e. The summed E-state index contributed by atoms with van der Waals surface area (Å²) in [4.78, 5) is 36.8. The van der Waals surface area contributed by atoms with E-state index in [9.17, 15) is 19.5 Å². The maximum Gasteiger partial charge on any atom is 0.328 e. The average Bonchev–Trinajstić information content (AvgIpc) is 2.53. The molecule has 0 saturated carbocycles. The number of ether oxygens (including phenoxy) is 1. The molecule has 2 atom stereocenters. The van der Waals surface area contributed by atoms with Crippen LogP contribution < -0.4 is 5.73 Å². The fourth-order valence-electron chi connectivity index (χ4n) is 2.18. The number of carbonyl (C=O) groups excluding carboxylic acids is 2. The van der Waals surface area contributed by atoms with E-state index >= 15 is 0 Å². The highest BCUT2D eigenvalue weighted by atomic mass is 16.5. The van der Waals surface area contributed by atoms with Gasteiger partial charge in [-0.25, -0.2) is 4.79 Å². The molecular weight excluding hydrogens is 300 g/mol. The number of carboxylic acids is 1. The van der Waals surface area contributed by atoms with E-state index in [0.717, 1.165) is 5.56 Å². The summed E-state index contributed by atoms with van der Waals surface area (Å²) >= 11 is 0. The molecule has 0 aliphatic carbocycles. The second kappa shape index (κ2) is 8.17. The first-order chi connectivity index (χ1) is 10.8. The molecule has 0 spiro atoms. The van der Waals surface area contributed by atoms with Gasteiger partial charge in [-0.15, -0.1) is 0 Å². The van der Waals surface area contributed by atoms with Crippen LogP contribution in [-0.4, -0.2) is 41.0 Å². The maximum atomic E-state index is 12.6. The number of carbonyl (C=O) groups is 3. The Balaban J connectivity index is 3.10. The number of aliphatic carboxylic acids is 1. The van der Waals surface area contributed by atoms with Gasteiger partial charge in [-0.1, -0.05) is 19.1 Å². The van der Waals surface area contributed by atoms with Crippen LogP contribution in [0, 0.1) is 5.92 Å². The third-order valence-electron chi connectivity index (χ3n) is 3.63. The van der Waals surface area contributed by atoms with Gasteiger partial charge in [-0.05, 0) is 31.0 Å². The molecule has 23 heavy (non-hydrogen) atoms. The van der Waals surface area contributed by atoms with Crippen molar-refractivity contribution in [3.8, 4) is 0 Å². The minimum absolute atomic E-state index is 0.0964. The van der Waals surface area contributed by atoms with Crippen LogP contribution in [-0.2, 0) is 25.7 Å². The predicted octanol–water partition coefficient (Wildman–Crippen LogP) is 1.27. The Labute approximate surface area is 135 Å². The first kappa shape index (κ1) is 18.5. The third-order valence-corrected chi connectivity index (χ3v) is 3.63. The number of nitrogens with two attached hydrogens (primary N) is 1. The smallest absolute Gasteiger partial charge is 0.328 e. The molecule has 1 aromatic carbocycles. The number of carboxylic acid groups (broad SMARTS) is 1. The number of amides is 1. The van der Waals surface area contributed by atoms with E-state index in [1.165, 1.54) is 18.9 Å². The Morgan fingerprint density at radius 3 is 2.26 bits per heavy atom. The molecule has 126 valence electrons. The van der Waals surface area contributed by atoms with E-state index in [1.807, 2.05) is 0 Å². The molecule has 7 heteroatoms. The van der Waals surface area contributed by atoms with Crippen LogP contribution in [0.4, 0.5) is 5.69 Å². The summed E-state index contributed by atoms with van der Waals surface area (Å²) in [6.45, 7) is 3.22.